The average Bonchev–Trinajstić information content (AvgIpc) is 3.36. The van der Waals surface area contributed by atoms with Gasteiger partial charge in [0.05, 0.1) is 0 Å². The molecule has 0 aliphatic carbocycles. The van der Waals surface area contributed by atoms with E-state index in [2.05, 4.69) is 47.1 Å². The van der Waals surface area contributed by atoms with Crippen LogP contribution in [-0.4, -0.2) is 67.0 Å². The van der Waals surface area contributed by atoms with Crippen molar-refractivity contribution in [3.8, 4) is 0 Å². The number of aliphatic imine (C=N–C) groups is 1. The van der Waals surface area contributed by atoms with Crippen LogP contribution in [0.5, 0.6) is 0 Å². The second-order valence-corrected chi connectivity index (χ2v) is 7.97. The number of H-pyrrole nitrogens is 1. The fourth-order valence-corrected chi connectivity index (χ4v) is 4.35. The molecule has 1 fully saturated rings. The molecule has 0 amide bonds. The lowest BCUT2D eigenvalue weighted by Gasteiger charge is -2.33. The summed E-state index contributed by atoms with van der Waals surface area (Å²) < 4.78 is 2.34. The summed E-state index contributed by atoms with van der Waals surface area (Å²) in [4.78, 5) is 11.6. The number of aryl methyl sites for hydroxylation is 2. The lowest BCUT2D eigenvalue weighted by Crippen LogP contribution is -2.45. The third-order valence-corrected chi connectivity index (χ3v) is 5.96. The average molecular weight is 527 g/mol. The van der Waals surface area contributed by atoms with E-state index in [0.717, 1.165) is 82.4 Å². The van der Waals surface area contributed by atoms with Gasteiger partial charge in [0.25, 0.3) is 0 Å². The lowest BCUT2D eigenvalue weighted by molar-refractivity contribution is 0.299. The molecular formula is C20H34IN9. The quantitative estimate of drug-likeness (QED) is 0.259. The fraction of sp³-hybridized carbons (Fsp3) is 0.750. The van der Waals surface area contributed by atoms with Crippen molar-refractivity contribution in [3.63, 3.8) is 0 Å². The molecule has 0 atom stereocenters. The van der Waals surface area contributed by atoms with E-state index >= 15 is 0 Å². The molecule has 0 saturated carbocycles. The van der Waals surface area contributed by atoms with Gasteiger partial charge in [-0.3, -0.25) is 10.1 Å². The van der Waals surface area contributed by atoms with Crippen LogP contribution in [0.1, 0.15) is 68.8 Å². The topological polar surface area (TPSA) is 99.9 Å². The molecule has 9 nitrogen and oxygen atoms in total. The zero-order valence-corrected chi connectivity index (χ0v) is 20.2. The molecule has 30 heavy (non-hydrogen) atoms. The zero-order valence-electron chi connectivity index (χ0n) is 17.9. The molecule has 2 aliphatic rings. The number of rotatable bonds is 6. The van der Waals surface area contributed by atoms with Gasteiger partial charge in [0.1, 0.15) is 23.8 Å². The smallest absolute Gasteiger partial charge is 0.193 e. The van der Waals surface area contributed by atoms with Gasteiger partial charge in [-0.1, -0.05) is 6.42 Å². The van der Waals surface area contributed by atoms with Gasteiger partial charge in [-0.2, -0.15) is 5.10 Å². The van der Waals surface area contributed by atoms with Crippen molar-refractivity contribution in [3.05, 3.63) is 23.8 Å². The highest BCUT2D eigenvalue weighted by atomic mass is 127. The number of likely N-dealkylation sites (tertiary alicyclic amines) is 1. The van der Waals surface area contributed by atoms with Crippen LogP contribution in [0.4, 0.5) is 0 Å². The van der Waals surface area contributed by atoms with Crippen LogP contribution in [0.25, 0.3) is 0 Å². The van der Waals surface area contributed by atoms with Gasteiger partial charge in [-0.05, 0) is 39.0 Å². The van der Waals surface area contributed by atoms with Crippen LogP contribution in [0, 0.1) is 0 Å². The molecule has 2 aromatic rings. The molecule has 0 bridgehead atoms. The van der Waals surface area contributed by atoms with E-state index in [9.17, 15) is 0 Å². The first-order chi connectivity index (χ1) is 14.3. The maximum atomic E-state index is 4.89. The maximum Gasteiger partial charge on any atom is 0.193 e. The molecule has 0 spiro atoms. The predicted octanol–water partition coefficient (Wildman–Crippen LogP) is 2.52. The van der Waals surface area contributed by atoms with Gasteiger partial charge < -0.3 is 14.8 Å². The number of aromatic nitrogens is 6. The number of guanidine groups is 1. The summed E-state index contributed by atoms with van der Waals surface area (Å²) in [6.45, 7) is 6.89. The molecule has 4 rings (SSSR count). The van der Waals surface area contributed by atoms with Crippen molar-refractivity contribution >= 4 is 29.9 Å². The summed E-state index contributed by atoms with van der Waals surface area (Å²) in [6, 6.07) is 0. The van der Waals surface area contributed by atoms with Crippen molar-refractivity contribution in [2.75, 3.05) is 26.2 Å². The highest BCUT2D eigenvalue weighted by molar-refractivity contribution is 14.0. The van der Waals surface area contributed by atoms with Crippen LogP contribution >= 0.6 is 24.0 Å². The summed E-state index contributed by atoms with van der Waals surface area (Å²) >= 11 is 0. The van der Waals surface area contributed by atoms with Gasteiger partial charge in [0.2, 0.25) is 0 Å². The first-order valence-corrected chi connectivity index (χ1v) is 11.1. The Kier molecular flexibility index (Phi) is 8.88. The number of halogens is 1. The molecule has 0 unspecified atom stereocenters. The van der Waals surface area contributed by atoms with Crippen LogP contribution in [0.2, 0.25) is 0 Å². The molecule has 2 aromatic heterocycles. The second kappa shape index (κ2) is 11.6. The largest absolute Gasteiger partial charge is 0.357 e. The molecule has 0 radical (unpaired) electrons. The van der Waals surface area contributed by atoms with Gasteiger partial charge >= 0.3 is 0 Å². The number of hydrogen-bond donors (Lipinski definition) is 2. The standard InChI is InChI=1S/C20H33N9.HI/c1-2-21-20(28-13-9-16(10-14-28)19-23-15-24-27-19)22-11-6-8-18-26-25-17-7-4-3-5-12-29(17)18;/h15-16H,2-14H2,1H3,(H,21,22)(H,23,24,27);1H. The van der Waals surface area contributed by atoms with Gasteiger partial charge in [-0.25, -0.2) is 4.98 Å². The van der Waals surface area contributed by atoms with Crippen LogP contribution in [0.15, 0.2) is 11.3 Å². The fourth-order valence-electron chi connectivity index (χ4n) is 4.35. The molecule has 166 valence electrons. The number of aromatic amines is 1. The number of hydrogen-bond acceptors (Lipinski definition) is 5. The van der Waals surface area contributed by atoms with E-state index in [1.54, 1.807) is 6.33 Å². The maximum absolute atomic E-state index is 4.89. The van der Waals surface area contributed by atoms with Crippen LogP contribution < -0.4 is 5.32 Å². The summed E-state index contributed by atoms with van der Waals surface area (Å²) in [7, 11) is 0. The number of nitrogens with zero attached hydrogens (tertiary/aromatic N) is 7. The Morgan fingerprint density at radius 3 is 2.83 bits per heavy atom. The molecule has 0 aromatic carbocycles. The summed E-state index contributed by atoms with van der Waals surface area (Å²) in [6.07, 6.45) is 10.5. The van der Waals surface area contributed by atoms with E-state index in [1.165, 1.54) is 25.1 Å². The van der Waals surface area contributed by atoms with Crippen molar-refractivity contribution < 1.29 is 0 Å². The molecule has 10 heteroatoms. The Bertz CT molecular complexity index is 778. The molecule has 4 heterocycles. The molecular weight excluding hydrogens is 493 g/mol. The first kappa shape index (κ1) is 23.0. The molecule has 1 saturated heterocycles. The first-order valence-electron chi connectivity index (χ1n) is 11.1. The highest BCUT2D eigenvalue weighted by Gasteiger charge is 2.24. The monoisotopic (exact) mass is 527 g/mol. The van der Waals surface area contributed by atoms with E-state index in [4.69, 9.17) is 4.99 Å². The van der Waals surface area contributed by atoms with E-state index in [1.807, 2.05) is 0 Å². The van der Waals surface area contributed by atoms with Gasteiger partial charge in [0.15, 0.2) is 5.96 Å². The number of fused-ring (bicyclic) bond motifs is 1. The minimum absolute atomic E-state index is 0. The van der Waals surface area contributed by atoms with Crippen molar-refractivity contribution in [2.24, 2.45) is 4.99 Å². The predicted molar refractivity (Wildman–Crippen MR) is 127 cm³/mol. The SMILES string of the molecule is CCNC(=NCCCc1nnc2n1CCCCC2)N1CCC(c2ncn[nH]2)CC1.I. The summed E-state index contributed by atoms with van der Waals surface area (Å²) in [5, 5.41) is 19.3. The number of piperidine rings is 1. The van der Waals surface area contributed by atoms with Crippen molar-refractivity contribution in [2.45, 2.75) is 70.8 Å². The Labute approximate surface area is 195 Å². The lowest BCUT2D eigenvalue weighted by atomic mass is 9.96. The van der Waals surface area contributed by atoms with E-state index < -0.39 is 0 Å². The van der Waals surface area contributed by atoms with Gasteiger partial charge in [-0.15, -0.1) is 34.2 Å². The van der Waals surface area contributed by atoms with Crippen LogP contribution in [0.3, 0.4) is 0 Å². The third-order valence-electron chi connectivity index (χ3n) is 5.96. The second-order valence-electron chi connectivity index (χ2n) is 7.97. The Morgan fingerprint density at radius 2 is 2.07 bits per heavy atom. The van der Waals surface area contributed by atoms with Gasteiger partial charge in [0, 0.05) is 51.5 Å². The summed E-state index contributed by atoms with van der Waals surface area (Å²) in [5.74, 6) is 4.82. The number of nitrogens with one attached hydrogen (secondary N) is 2. The van der Waals surface area contributed by atoms with Crippen molar-refractivity contribution in [1.82, 2.24) is 40.2 Å². The minimum atomic E-state index is 0. The molecule has 2 N–H and O–H groups in total. The van der Waals surface area contributed by atoms with Crippen molar-refractivity contribution in [1.29, 1.82) is 0 Å². The molecule has 2 aliphatic heterocycles. The normalized spacial score (nSPS) is 17.9. The third kappa shape index (κ3) is 5.70. The highest BCUT2D eigenvalue weighted by Crippen LogP contribution is 2.25. The Morgan fingerprint density at radius 1 is 1.20 bits per heavy atom. The van der Waals surface area contributed by atoms with E-state index in [0.29, 0.717) is 5.92 Å². The Balaban J connectivity index is 0.00000256. The Hall–Kier alpha value is -1.72. The van der Waals surface area contributed by atoms with E-state index in [-0.39, 0.29) is 24.0 Å². The zero-order chi connectivity index (χ0) is 19.9. The summed E-state index contributed by atoms with van der Waals surface area (Å²) in [5.41, 5.74) is 0. The van der Waals surface area contributed by atoms with Crippen LogP contribution in [-0.2, 0) is 19.4 Å². The minimum Gasteiger partial charge on any atom is -0.357 e.